The normalized spacial score (nSPS) is 14.2. The van der Waals surface area contributed by atoms with E-state index in [1.807, 2.05) is 4.90 Å². The summed E-state index contributed by atoms with van der Waals surface area (Å²) in [4.78, 5) is 17.7. The van der Waals surface area contributed by atoms with Crippen molar-refractivity contribution in [3.05, 3.63) is 48.3 Å². The maximum Gasteiger partial charge on any atom is 0.341 e. The molecule has 1 aromatic heterocycles. The fraction of sp³-hybridized carbons (Fsp3) is 0.238. The van der Waals surface area contributed by atoms with Crippen molar-refractivity contribution in [3.63, 3.8) is 0 Å². The zero-order chi connectivity index (χ0) is 20.4. The molecule has 0 amide bonds. The summed E-state index contributed by atoms with van der Waals surface area (Å²) in [6.45, 7) is 1.70. The van der Waals surface area contributed by atoms with Crippen LogP contribution in [0.25, 0.3) is 21.9 Å². The van der Waals surface area contributed by atoms with Crippen molar-refractivity contribution >= 4 is 22.6 Å². The van der Waals surface area contributed by atoms with E-state index < -0.39 is 12.6 Å². The average molecular weight is 398 g/mol. The highest BCUT2D eigenvalue weighted by molar-refractivity contribution is 6.04. The summed E-state index contributed by atoms with van der Waals surface area (Å²) in [7, 11) is 0. The number of benzene rings is 2. The zero-order valence-electron chi connectivity index (χ0n) is 15.5. The van der Waals surface area contributed by atoms with E-state index in [1.54, 1.807) is 24.3 Å². The number of nitrogens with zero attached hydrogens (tertiary/aromatic N) is 2. The molecule has 1 saturated heterocycles. The van der Waals surface area contributed by atoms with Gasteiger partial charge in [-0.2, -0.15) is 4.98 Å². The van der Waals surface area contributed by atoms with Crippen LogP contribution in [0.4, 0.5) is 10.2 Å². The Kier molecular flexibility index (Phi) is 5.18. The number of aliphatic carboxylic acids is 1. The monoisotopic (exact) mass is 398 g/mol. The first-order valence-corrected chi connectivity index (χ1v) is 9.13. The van der Waals surface area contributed by atoms with Gasteiger partial charge in [0, 0.05) is 24.0 Å². The second-order valence-electron chi connectivity index (χ2n) is 6.63. The molecule has 1 fully saturated rings. The molecule has 8 heteroatoms. The van der Waals surface area contributed by atoms with Crippen LogP contribution in [0, 0.1) is 5.82 Å². The number of halogens is 1. The van der Waals surface area contributed by atoms with Crippen LogP contribution >= 0.6 is 0 Å². The Hall–Kier alpha value is -3.39. The second kappa shape index (κ2) is 7.92. The standard InChI is InChI=1S/C21H19FN2O5/c22-14-3-1-13(2-4-14)19-16-6-5-15(25)11-17(16)21(29-12-18(26)27)23-20(19)24-7-9-28-10-8-24/h1-6,11,25H,7-10,12H2,(H,26,27). The summed E-state index contributed by atoms with van der Waals surface area (Å²) in [5, 5.41) is 20.2. The summed E-state index contributed by atoms with van der Waals surface area (Å²) in [6, 6.07) is 10.8. The molecule has 2 heterocycles. The molecule has 150 valence electrons. The van der Waals surface area contributed by atoms with Gasteiger partial charge in [-0.05, 0) is 41.3 Å². The van der Waals surface area contributed by atoms with Gasteiger partial charge in [-0.1, -0.05) is 12.1 Å². The Morgan fingerprint density at radius 2 is 1.86 bits per heavy atom. The third kappa shape index (κ3) is 3.93. The molecular formula is C21H19FN2O5. The molecule has 0 saturated carbocycles. The number of carboxylic acid groups (broad SMARTS) is 1. The molecule has 7 nitrogen and oxygen atoms in total. The van der Waals surface area contributed by atoms with E-state index >= 15 is 0 Å². The highest BCUT2D eigenvalue weighted by atomic mass is 19.1. The van der Waals surface area contributed by atoms with Crippen LogP contribution in [0.3, 0.4) is 0 Å². The summed E-state index contributed by atoms with van der Waals surface area (Å²) in [5.41, 5.74) is 1.51. The van der Waals surface area contributed by atoms with E-state index in [2.05, 4.69) is 4.98 Å². The summed E-state index contributed by atoms with van der Waals surface area (Å²) in [6.07, 6.45) is 0. The number of hydrogen-bond donors (Lipinski definition) is 2. The number of phenolic OH excluding ortho intramolecular Hbond substituents is 1. The topological polar surface area (TPSA) is 92.1 Å². The molecule has 0 unspecified atom stereocenters. The lowest BCUT2D eigenvalue weighted by Crippen LogP contribution is -2.37. The van der Waals surface area contributed by atoms with Crippen molar-refractivity contribution in [1.29, 1.82) is 0 Å². The molecule has 0 radical (unpaired) electrons. The van der Waals surface area contributed by atoms with Crippen LogP contribution in [-0.2, 0) is 9.53 Å². The lowest BCUT2D eigenvalue weighted by molar-refractivity contribution is -0.139. The lowest BCUT2D eigenvalue weighted by atomic mass is 9.98. The smallest absolute Gasteiger partial charge is 0.341 e. The fourth-order valence-corrected chi connectivity index (χ4v) is 3.41. The number of carbonyl (C=O) groups is 1. The molecule has 2 aromatic carbocycles. The molecule has 0 bridgehead atoms. The molecule has 3 aromatic rings. The molecule has 0 aliphatic carbocycles. The summed E-state index contributed by atoms with van der Waals surface area (Å²) < 4.78 is 24.4. The average Bonchev–Trinajstić information content (AvgIpc) is 2.73. The van der Waals surface area contributed by atoms with Crippen molar-refractivity contribution in [3.8, 4) is 22.8 Å². The highest BCUT2D eigenvalue weighted by Gasteiger charge is 2.23. The van der Waals surface area contributed by atoms with Gasteiger partial charge >= 0.3 is 5.97 Å². The van der Waals surface area contributed by atoms with Crippen LogP contribution < -0.4 is 9.64 Å². The minimum absolute atomic E-state index is 0.00338. The lowest BCUT2D eigenvalue weighted by Gasteiger charge is -2.30. The Balaban J connectivity index is 1.97. The van der Waals surface area contributed by atoms with E-state index in [9.17, 15) is 14.3 Å². The van der Waals surface area contributed by atoms with Gasteiger partial charge in [0.05, 0.1) is 13.2 Å². The SMILES string of the molecule is O=C(O)COc1nc(N2CCOCC2)c(-c2ccc(F)cc2)c2ccc(O)cc12. The molecule has 0 spiro atoms. The predicted molar refractivity (Wildman–Crippen MR) is 105 cm³/mol. The number of morpholine rings is 1. The summed E-state index contributed by atoms with van der Waals surface area (Å²) >= 11 is 0. The number of phenols is 1. The maximum atomic E-state index is 13.5. The van der Waals surface area contributed by atoms with Crippen molar-refractivity contribution in [2.45, 2.75) is 0 Å². The molecule has 1 aliphatic heterocycles. The van der Waals surface area contributed by atoms with Gasteiger partial charge in [-0.15, -0.1) is 0 Å². The van der Waals surface area contributed by atoms with E-state index in [4.69, 9.17) is 14.6 Å². The quantitative estimate of drug-likeness (QED) is 0.682. The van der Waals surface area contributed by atoms with Crippen LogP contribution in [0.1, 0.15) is 0 Å². The molecule has 1 aliphatic rings. The zero-order valence-corrected chi connectivity index (χ0v) is 15.5. The molecule has 29 heavy (non-hydrogen) atoms. The minimum Gasteiger partial charge on any atom is -0.508 e. The first-order valence-electron chi connectivity index (χ1n) is 9.13. The number of aromatic nitrogens is 1. The number of fused-ring (bicyclic) bond motifs is 1. The van der Waals surface area contributed by atoms with E-state index in [1.165, 1.54) is 18.2 Å². The Labute approximate surface area is 165 Å². The van der Waals surface area contributed by atoms with Crippen LogP contribution in [0.15, 0.2) is 42.5 Å². The Bertz CT molecular complexity index is 1050. The third-order valence-electron chi connectivity index (χ3n) is 4.71. The molecular weight excluding hydrogens is 379 g/mol. The highest BCUT2D eigenvalue weighted by Crippen LogP contribution is 2.41. The van der Waals surface area contributed by atoms with Crippen molar-refractivity contribution in [2.24, 2.45) is 0 Å². The van der Waals surface area contributed by atoms with Crippen molar-refractivity contribution in [1.82, 2.24) is 4.98 Å². The van der Waals surface area contributed by atoms with Crippen LogP contribution in [-0.4, -0.2) is 54.1 Å². The minimum atomic E-state index is -1.13. The van der Waals surface area contributed by atoms with Gasteiger partial charge in [0.15, 0.2) is 6.61 Å². The van der Waals surface area contributed by atoms with Crippen LogP contribution in [0.5, 0.6) is 11.6 Å². The first-order chi connectivity index (χ1) is 14.0. The van der Waals surface area contributed by atoms with E-state index in [-0.39, 0.29) is 17.4 Å². The second-order valence-corrected chi connectivity index (χ2v) is 6.63. The molecule has 4 rings (SSSR count). The fourth-order valence-electron chi connectivity index (χ4n) is 3.41. The van der Waals surface area contributed by atoms with E-state index in [0.29, 0.717) is 42.9 Å². The van der Waals surface area contributed by atoms with Gasteiger partial charge in [0.25, 0.3) is 0 Å². The molecule has 0 atom stereocenters. The van der Waals surface area contributed by atoms with Gasteiger partial charge < -0.3 is 24.6 Å². The number of pyridine rings is 1. The van der Waals surface area contributed by atoms with Crippen LogP contribution in [0.2, 0.25) is 0 Å². The van der Waals surface area contributed by atoms with Gasteiger partial charge in [0.2, 0.25) is 5.88 Å². The third-order valence-corrected chi connectivity index (χ3v) is 4.71. The maximum absolute atomic E-state index is 13.5. The van der Waals surface area contributed by atoms with Gasteiger partial charge in [0.1, 0.15) is 17.4 Å². The number of carboxylic acids is 1. The number of ether oxygens (including phenoxy) is 2. The van der Waals surface area contributed by atoms with Crippen molar-refractivity contribution < 1.29 is 28.9 Å². The van der Waals surface area contributed by atoms with Gasteiger partial charge in [-0.25, -0.2) is 9.18 Å². The number of anilines is 1. The number of hydrogen-bond acceptors (Lipinski definition) is 6. The number of rotatable bonds is 5. The predicted octanol–water partition coefficient (Wildman–Crippen LogP) is 3.05. The van der Waals surface area contributed by atoms with Gasteiger partial charge in [-0.3, -0.25) is 0 Å². The molecule has 2 N–H and O–H groups in total. The van der Waals surface area contributed by atoms with Crippen molar-refractivity contribution in [2.75, 3.05) is 37.8 Å². The number of aromatic hydroxyl groups is 1. The van der Waals surface area contributed by atoms with E-state index in [0.717, 1.165) is 11.1 Å². The Morgan fingerprint density at radius 1 is 1.14 bits per heavy atom. The Morgan fingerprint density at radius 3 is 2.55 bits per heavy atom. The summed E-state index contributed by atoms with van der Waals surface area (Å²) in [5.74, 6) is -0.763. The largest absolute Gasteiger partial charge is 0.508 e. The first kappa shape index (κ1) is 18.9.